The lowest BCUT2D eigenvalue weighted by atomic mass is 10.1. The van der Waals surface area contributed by atoms with Crippen molar-refractivity contribution in [2.24, 2.45) is 0 Å². The van der Waals surface area contributed by atoms with Gasteiger partial charge in [0.15, 0.2) is 0 Å². The number of hydrogen-bond donors (Lipinski definition) is 1. The molecule has 1 aromatic rings. The zero-order valence-electron chi connectivity index (χ0n) is 11.0. The number of rotatable bonds is 4. The molecule has 1 amide bonds. The molecule has 1 heterocycles. The number of amides is 1. The van der Waals surface area contributed by atoms with Gasteiger partial charge in [-0.05, 0) is 38.4 Å². The summed E-state index contributed by atoms with van der Waals surface area (Å²) in [6.07, 6.45) is 1.75. The van der Waals surface area contributed by atoms with E-state index in [1.54, 1.807) is 0 Å². The Hall–Kier alpha value is -1.49. The number of halogens is 2. The summed E-state index contributed by atoms with van der Waals surface area (Å²) in [5, 5.41) is 3.11. The lowest BCUT2D eigenvalue weighted by molar-refractivity contribution is -0.133. The zero-order valence-corrected chi connectivity index (χ0v) is 11.0. The third kappa shape index (κ3) is 3.10. The van der Waals surface area contributed by atoms with Gasteiger partial charge in [0, 0.05) is 12.1 Å². The molecule has 104 valence electrons. The predicted octanol–water partition coefficient (Wildman–Crippen LogP) is 2.07. The minimum absolute atomic E-state index is 0.0218. The summed E-state index contributed by atoms with van der Waals surface area (Å²) in [6.45, 7) is 3.05. The van der Waals surface area contributed by atoms with E-state index < -0.39 is 11.6 Å². The van der Waals surface area contributed by atoms with Gasteiger partial charge in [0.2, 0.25) is 5.91 Å². The number of nitrogens with zero attached hydrogens (tertiary/aromatic N) is 1. The maximum atomic E-state index is 13.6. The third-order valence-corrected chi connectivity index (χ3v) is 3.46. The van der Waals surface area contributed by atoms with E-state index in [0.717, 1.165) is 19.4 Å². The molecule has 1 unspecified atom stereocenters. The number of likely N-dealkylation sites (N-methyl/N-ethyl adjacent to an activating group) is 1. The van der Waals surface area contributed by atoms with Crippen molar-refractivity contribution >= 4 is 5.91 Å². The average Bonchev–Trinajstić information content (AvgIpc) is 2.92. The van der Waals surface area contributed by atoms with Crippen molar-refractivity contribution in [1.82, 2.24) is 10.2 Å². The second kappa shape index (κ2) is 6.10. The molecule has 1 aliphatic heterocycles. The van der Waals surface area contributed by atoms with Crippen LogP contribution in [0.5, 0.6) is 0 Å². The molecular weight excluding hydrogens is 250 g/mol. The largest absolute Gasteiger partial charge is 0.337 e. The van der Waals surface area contributed by atoms with Crippen molar-refractivity contribution in [3.8, 4) is 0 Å². The van der Waals surface area contributed by atoms with Crippen LogP contribution in [0.1, 0.15) is 25.3 Å². The van der Waals surface area contributed by atoms with Gasteiger partial charge in [0.1, 0.15) is 11.6 Å². The molecule has 1 aliphatic rings. The molecule has 0 radical (unpaired) electrons. The molecule has 5 heteroatoms. The number of hydrogen-bond acceptors (Lipinski definition) is 2. The first-order valence-corrected chi connectivity index (χ1v) is 6.58. The maximum absolute atomic E-state index is 13.6. The predicted molar refractivity (Wildman–Crippen MR) is 68.5 cm³/mol. The number of nitrogens with one attached hydrogen (secondary N) is 1. The quantitative estimate of drug-likeness (QED) is 0.906. The van der Waals surface area contributed by atoms with Gasteiger partial charge in [-0.25, -0.2) is 8.78 Å². The number of carbonyl (C=O) groups is 1. The highest BCUT2D eigenvalue weighted by atomic mass is 19.1. The summed E-state index contributed by atoms with van der Waals surface area (Å²) < 4.78 is 27.2. The summed E-state index contributed by atoms with van der Waals surface area (Å²) in [5.74, 6) is -1.29. The molecule has 0 aliphatic carbocycles. The van der Waals surface area contributed by atoms with Crippen molar-refractivity contribution in [3.63, 3.8) is 0 Å². The molecule has 0 aromatic heterocycles. The molecule has 1 fully saturated rings. The van der Waals surface area contributed by atoms with Crippen molar-refractivity contribution in [1.29, 1.82) is 0 Å². The molecule has 3 nitrogen and oxygen atoms in total. The zero-order chi connectivity index (χ0) is 13.8. The van der Waals surface area contributed by atoms with Crippen LogP contribution < -0.4 is 5.32 Å². The molecule has 1 atom stereocenters. The van der Waals surface area contributed by atoms with Gasteiger partial charge >= 0.3 is 0 Å². The number of carbonyl (C=O) groups excluding carboxylic acids is 1. The molecule has 0 spiro atoms. The van der Waals surface area contributed by atoms with Crippen LogP contribution in [0.15, 0.2) is 18.2 Å². The van der Waals surface area contributed by atoms with Crippen LogP contribution in [0.4, 0.5) is 8.78 Å². The van der Waals surface area contributed by atoms with Crippen LogP contribution in [0.25, 0.3) is 0 Å². The molecule has 1 saturated heterocycles. The van der Waals surface area contributed by atoms with Crippen molar-refractivity contribution < 1.29 is 13.6 Å². The van der Waals surface area contributed by atoms with E-state index in [-0.39, 0.29) is 24.1 Å². The van der Waals surface area contributed by atoms with E-state index in [4.69, 9.17) is 0 Å². The fourth-order valence-electron chi connectivity index (χ4n) is 2.34. The first-order chi connectivity index (χ1) is 9.13. The normalized spacial score (nSPS) is 18.6. The van der Waals surface area contributed by atoms with Crippen LogP contribution >= 0.6 is 0 Å². The summed E-state index contributed by atoms with van der Waals surface area (Å²) in [6, 6.07) is 3.54. The second-order valence-electron chi connectivity index (χ2n) is 4.70. The average molecular weight is 268 g/mol. The Morgan fingerprint density at radius 1 is 1.42 bits per heavy atom. The molecular formula is C14H18F2N2O. The van der Waals surface area contributed by atoms with E-state index in [1.165, 1.54) is 23.1 Å². The van der Waals surface area contributed by atoms with Crippen molar-refractivity contribution in [2.75, 3.05) is 13.1 Å². The summed E-state index contributed by atoms with van der Waals surface area (Å²) in [7, 11) is 0. The van der Waals surface area contributed by atoms with Crippen LogP contribution in [0.2, 0.25) is 0 Å². The van der Waals surface area contributed by atoms with E-state index in [2.05, 4.69) is 5.32 Å². The Bertz CT molecular complexity index is 439. The number of benzene rings is 1. The van der Waals surface area contributed by atoms with Gasteiger partial charge in [-0.15, -0.1) is 0 Å². The van der Waals surface area contributed by atoms with Gasteiger partial charge < -0.3 is 10.2 Å². The summed E-state index contributed by atoms with van der Waals surface area (Å²) in [5.41, 5.74) is -0.0457. The Labute approximate surface area is 111 Å². The van der Waals surface area contributed by atoms with Crippen LogP contribution in [0.3, 0.4) is 0 Å². The van der Waals surface area contributed by atoms with Gasteiger partial charge in [0.05, 0.1) is 12.6 Å². The molecule has 1 N–H and O–H groups in total. The highest BCUT2D eigenvalue weighted by molar-refractivity contribution is 5.82. The Morgan fingerprint density at radius 3 is 2.63 bits per heavy atom. The molecule has 1 aromatic carbocycles. The molecule has 0 saturated carbocycles. The molecule has 19 heavy (non-hydrogen) atoms. The lowest BCUT2D eigenvalue weighted by Crippen LogP contribution is -2.43. The van der Waals surface area contributed by atoms with Gasteiger partial charge in [0.25, 0.3) is 0 Å². The Morgan fingerprint density at radius 2 is 2.11 bits per heavy atom. The fraction of sp³-hybridized carbons (Fsp3) is 0.500. The first-order valence-electron chi connectivity index (χ1n) is 6.58. The van der Waals surface area contributed by atoms with Crippen LogP contribution in [-0.4, -0.2) is 29.9 Å². The summed E-state index contributed by atoms with van der Waals surface area (Å²) >= 11 is 0. The third-order valence-electron chi connectivity index (χ3n) is 3.46. The van der Waals surface area contributed by atoms with E-state index in [0.29, 0.717) is 6.54 Å². The SMILES string of the molecule is CCN(Cc1c(F)cccc1F)C(=O)C1CCCN1. The minimum atomic E-state index is -0.606. The smallest absolute Gasteiger partial charge is 0.239 e. The Kier molecular flexibility index (Phi) is 4.47. The topological polar surface area (TPSA) is 32.3 Å². The van der Waals surface area contributed by atoms with E-state index in [1.807, 2.05) is 6.92 Å². The van der Waals surface area contributed by atoms with E-state index >= 15 is 0 Å². The van der Waals surface area contributed by atoms with Gasteiger partial charge in [-0.1, -0.05) is 6.07 Å². The van der Waals surface area contributed by atoms with Gasteiger partial charge in [-0.3, -0.25) is 4.79 Å². The monoisotopic (exact) mass is 268 g/mol. The first kappa shape index (κ1) is 13.9. The van der Waals surface area contributed by atoms with Crippen LogP contribution in [-0.2, 0) is 11.3 Å². The highest BCUT2D eigenvalue weighted by Gasteiger charge is 2.27. The standard InChI is InChI=1S/C14H18F2N2O/c1-2-18(14(19)13-7-4-8-17-13)9-10-11(15)5-3-6-12(10)16/h3,5-6,13,17H,2,4,7-9H2,1H3. The molecule has 0 bridgehead atoms. The van der Waals surface area contributed by atoms with Crippen molar-refractivity contribution in [2.45, 2.75) is 32.4 Å². The van der Waals surface area contributed by atoms with Crippen LogP contribution in [0, 0.1) is 11.6 Å². The highest BCUT2D eigenvalue weighted by Crippen LogP contribution is 2.16. The summed E-state index contributed by atoms with van der Waals surface area (Å²) in [4.78, 5) is 13.7. The van der Waals surface area contributed by atoms with Crippen molar-refractivity contribution in [3.05, 3.63) is 35.4 Å². The minimum Gasteiger partial charge on any atom is -0.337 e. The second-order valence-corrected chi connectivity index (χ2v) is 4.70. The molecule has 2 rings (SSSR count). The Balaban J connectivity index is 2.12. The van der Waals surface area contributed by atoms with E-state index in [9.17, 15) is 13.6 Å². The van der Waals surface area contributed by atoms with Gasteiger partial charge in [-0.2, -0.15) is 0 Å². The maximum Gasteiger partial charge on any atom is 0.239 e. The fourth-order valence-corrected chi connectivity index (χ4v) is 2.34. The lowest BCUT2D eigenvalue weighted by Gasteiger charge is -2.24.